The molecule has 3 nitrogen and oxygen atoms in total. The Balaban J connectivity index is 2.45. The van der Waals surface area contributed by atoms with Gasteiger partial charge in [0.1, 0.15) is 10.6 Å². The average Bonchev–Trinajstić information content (AvgIpc) is 2.31. The summed E-state index contributed by atoms with van der Waals surface area (Å²) in [5.41, 5.74) is 0. The highest BCUT2D eigenvalue weighted by atomic mass is 35.7. The number of hydrogen-bond acceptors (Lipinski definition) is 3. The molecule has 0 heterocycles. The third-order valence-corrected chi connectivity index (χ3v) is 3.53. The maximum atomic E-state index is 13.4. The van der Waals surface area contributed by atoms with Crippen molar-refractivity contribution >= 4 is 19.7 Å². The summed E-state index contributed by atoms with van der Waals surface area (Å²) < 4.78 is 41.3. The van der Waals surface area contributed by atoms with Crippen molar-refractivity contribution in [1.29, 1.82) is 0 Å². The Labute approximate surface area is 108 Å². The molecule has 0 aromatic heterocycles. The molecule has 2 aromatic rings. The van der Waals surface area contributed by atoms with E-state index in [1.807, 2.05) is 0 Å². The first-order valence-electron chi connectivity index (χ1n) is 4.94. The Morgan fingerprint density at radius 1 is 0.944 bits per heavy atom. The predicted octanol–water partition coefficient (Wildman–Crippen LogP) is 3.55. The van der Waals surface area contributed by atoms with Crippen molar-refractivity contribution in [3.8, 4) is 11.5 Å². The van der Waals surface area contributed by atoms with Crippen LogP contribution in [-0.2, 0) is 9.05 Å². The third-order valence-electron chi connectivity index (χ3n) is 2.17. The SMILES string of the molecule is O=S(=O)(Cl)c1ccccc1Oc1ccccc1F. The van der Waals surface area contributed by atoms with Gasteiger partial charge in [0, 0.05) is 10.7 Å². The first-order chi connectivity index (χ1) is 8.48. The molecule has 2 aromatic carbocycles. The molecule has 0 fully saturated rings. The van der Waals surface area contributed by atoms with Crippen LogP contribution in [0.1, 0.15) is 0 Å². The number of rotatable bonds is 3. The largest absolute Gasteiger partial charge is 0.453 e. The summed E-state index contributed by atoms with van der Waals surface area (Å²) >= 11 is 0. The summed E-state index contributed by atoms with van der Waals surface area (Å²) in [6, 6.07) is 11.5. The number of ether oxygens (including phenoxy) is 1. The fraction of sp³-hybridized carbons (Fsp3) is 0. The van der Waals surface area contributed by atoms with Gasteiger partial charge in [0.15, 0.2) is 11.6 Å². The van der Waals surface area contributed by atoms with Crippen molar-refractivity contribution < 1.29 is 17.5 Å². The maximum absolute atomic E-state index is 13.4. The molecule has 0 spiro atoms. The molecule has 0 aliphatic carbocycles. The van der Waals surface area contributed by atoms with E-state index in [-0.39, 0.29) is 16.4 Å². The fourth-order valence-corrected chi connectivity index (χ4v) is 2.36. The van der Waals surface area contributed by atoms with Crippen LogP contribution >= 0.6 is 10.7 Å². The molecular formula is C12H8ClFO3S. The zero-order valence-corrected chi connectivity index (χ0v) is 10.6. The molecule has 0 atom stereocenters. The van der Waals surface area contributed by atoms with Gasteiger partial charge in [-0.2, -0.15) is 0 Å². The molecular weight excluding hydrogens is 279 g/mol. The van der Waals surface area contributed by atoms with Gasteiger partial charge in [0.05, 0.1) is 0 Å². The van der Waals surface area contributed by atoms with Crippen LogP contribution < -0.4 is 4.74 Å². The molecule has 0 saturated carbocycles. The van der Waals surface area contributed by atoms with E-state index in [9.17, 15) is 12.8 Å². The van der Waals surface area contributed by atoms with Crippen molar-refractivity contribution in [3.63, 3.8) is 0 Å². The summed E-state index contributed by atoms with van der Waals surface area (Å²) in [4.78, 5) is -0.199. The van der Waals surface area contributed by atoms with Crippen molar-refractivity contribution in [2.75, 3.05) is 0 Å². The van der Waals surface area contributed by atoms with E-state index in [1.54, 1.807) is 12.1 Å². The zero-order chi connectivity index (χ0) is 13.2. The summed E-state index contributed by atoms with van der Waals surface area (Å²) in [7, 11) is 1.33. The molecule has 94 valence electrons. The van der Waals surface area contributed by atoms with Gasteiger partial charge in [-0.25, -0.2) is 12.8 Å². The second kappa shape index (κ2) is 4.96. The molecule has 6 heteroatoms. The Morgan fingerprint density at radius 2 is 1.50 bits per heavy atom. The number of benzene rings is 2. The van der Waals surface area contributed by atoms with Crippen LogP contribution in [0.2, 0.25) is 0 Å². The second-order valence-corrected chi connectivity index (χ2v) is 5.95. The lowest BCUT2D eigenvalue weighted by Crippen LogP contribution is -1.96. The average molecular weight is 287 g/mol. The quantitative estimate of drug-likeness (QED) is 0.811. The van der Waals surface area contributed by atoms with Crippen LogP contribution in [0.3, 0.4) is 0 Å². The monoisotopic (exact) mass is 286 g/mol. The van der Waals surface area contributed by atoms with E-state index in [4.69, 9.17) is 15.4 Å². The first-order valence-corrected chi connectivity index (χ1v) is 7.25. The molecule has 0 aliphatic heterocycles. The minimum Gasteiger partial charge on any atom is -0.453 e. The summed E-state index contributed by atoms with van der Waals surface area (Å²) in [5.74, 6) is -0.665. The minimum atomic E-state index is -3.94. The highest BCUT2D eigenvalue weighted by molar-refractivity contribution is 8.13. The number of hydrogen-bond donors (Lipinski definition) is 0. The predicted molar refractivity (Wildman–Crippen MR) is 66.0 cm³/mol. The van der Waals surface area contributed by atoms with Crippen LogP contribution in [0.15, 0.2) is 53.4 Å². The van der Waals surface area contributed by atoms with Gasteiger partial charge >= 0.3 is 0 Å². The van der Waals surface area contributed by atoms with Crippen LogP contribution in [-0.4, -0.2) is 8.42 Å². The van der Waals surface area contributed by atoms with Crippen molar-refractivity contribution in [1.82, 2.24) is 0 Å². The van der Waals surface area contributed by atoms with Gasteiger partial charge in [-0.3, -0.25) is 0 Å². The van der Waals surface area contributed by atoms with Crippen LogP contribution in [0.4, 0.5) is 4.39 Å². The van der Waals surface area contributed by atoms with Gasteiger partial charge in [-0.05, 0) is 24.3 Å². The zero-order valence-electron chi connectivity index (χ0n) is 9.01. The highest BCUT2D eigenvalue weighted by Gasteiger charge is 2.17. The van der Waals surface area contributed by atoms with E-state index in [2.05, 4.69) is 0 Å². The Bertz CT molecular complexity index is 671. The normalized spacial score (nSPS) is 11.2. The van der Waals surface area contributed by atoms with Crippen molar-refractivity contribution in [2.45, 2.75) is 4.90 Å². The van der Waals surface area contributed by atoms with Crippen LogP contribution in [0, 0.1) is 5.82 Å². The molecule has 0 unspecified atom stereocenters. The lowest BCUT2D eigenvalue weighted by Gasteiger charge is -2.09. The lowest BCUT2D eigenvalue weighted by molar-refractivity contribution is 0.432. The lowest BCUT2D eigenvalue weighted by atomic mass is 10.3. The molecule has 0 radical (unpaired) electrons. The minimum absolute atomic E-state index is 0.0161. The molecule has 2 rings (SSSR count). The van der Waals surface area contributed by atoms with Crippen LogP contribution in [0.25, 0.3) is 0 Å². The molecule has 0 amide bonds. The van der Waals surface area contributed by atoms with E-state index < -0.39 is 14.9 Å². The van der Waals surface area contributed by atoms with Crippen molar-refractivity contribution in [3.05, 3.63) is 54.3 Å². The Kier molecular flexibility index (Phi) is 3.54. The second-order valence-electron chi connectivity index (χ2n) is 3.42. The third kappa shape index (κ3) is 2.80. The molecule has 0 N–H and O–H groups in total. The van der Waals surface area contributed by atoms with E-state index in [0.717, 1.165) is 0 Å². The first kappa shape index (κ1) is 12.9. The molecule has 0 aliphatic rings. The van der Waals surface area contributed by atoms with E-state index in [1.165, 1.54) is 36.4 Å². The summed E-state index contributed by atoms with van der Waals surface area (Å²) in [5, 5.41) is 0. The van der Waals surface area contributed by atoms with Gasteiger partial charge in [-0.15, -0.1) is 0 Å². The topological polar surface area (TPSA) is 43.4 Å². The highest BCUT2D eigenvalue weighted by Crippen LogP contribution is 2.31. The smallest absolute Gasteiger partial charge is 0.265 e. The van der Waals surface area contributed by atoms with Crippen molar-refractivity contribution in [2.24, 2.45) is 0 Å². The van der Waals surface area contributed by atoms with Gasteiger partial charge in [0.25, 0.3) is 9.05 Å². The summed E-state index contributed by atoms with van der Waals surface area (Å²) in [6.07, 6.45) is 0. The standard InChI is InChI=1S/C12H8ClFO3S/c13-18(15,16)12-8-4-3-7-11(12)17-10-6-2-1-5-9(10)14/h1-8H. The van der Waals surface area contributed by atoms with Crippen LogP contribution in [0.5, 0.6) is 11.5 Å². The van der Waals surface area contributed by atoms with Gasteiger partial charge in [-0.1, -0.05) is 24.3 Å². The van der Waals surface area contributed by atoms with Gasteiger partial charge < -0.3 is 4.74 Å². The Morgan fingerprint density at radius 3 is 2.11 bits per heavy atom. The molecule has 0 saturated heterocycles. The maximum Gasteiger partial charge on any atom is 0.265 e. The summed E-state index contributed by atoms with van der Waals surface area (Å²) in [6.45, 7) is 0. The van der Waals surface area contributed by atoms with E-state index >= 15 is 0 Å². The van der Waals surface area contributed by atoms with E-state index in [0.29, 0.717) is 0 Å². The Hall–Kier alpha value is -1.59. The van der Waals surface area contributed by atoms with Gasteiger partial charge in [0.2, 0.25) is 0 Å². The fourth-order valence-electron chi connectivity index (χ4n) is 1.38. The number of halogens is 2. The molecule has 0 bridgehead atoms. The number of para-hydroxylation sites is 2. The molecule has 18 heavy (non-hydrogen) atoms.